The molecule has 0 saturated heterocycles. The van der Waals surface area contributed by atoms with Gasteiger partial charge in [0.15, 0.2) is 0 Å². The summed E-state index contributed by atoms with van der Waals surface area (Å²) in [4.78, 5) is 3.22. The van der Waals surface area contributed by atoms with E-state index in [1.54, 1.807) is 12.1 Å². The van der Waals surface area contributed by atoms with Gasteiger partial charge in [-0.15, -0.1) is 0 Å². The smallest absolute Gasteiger partial charge is 0.132 e. The zero-order chi connectivity index (χ0) is 14.2. The zero-order valence-electron chi connectivity index (χ0n) is 11.1. The largest absolute Gasteiger partial charge is 0.360 e. The number of nitrogens with one attached hydrogen (secondary N) is 2. The number of rotatable bonds is 2. The van der Waals surface area contributed by atoms with Gasteiger partial charge in [-0.3, -0.25) is 5.10 Å². The van der Waals surface area contributed by atoms with Crippen molar-refractivity contribution in [2.75, 3.05) is 0 Å². The van der Waals surface area contributed by atoms with E-state index in [0.717, 1.165) is 22.2 Å². The van der Waals surface area contributed by atoms with E-state index in [2.05, 4.69) is 15.2 Å². The Kier molecular flexibility index (Phi) is 2.60. The Hall–Kier alpha value is -2.88. The highest BCUT2D eigenvalue weighted by Crippen LogP contribution is 2.30. The molecule has 2 heterocycles. The predicted molar refractivity (Wildman–Crippen MR) is 81.3 cm³/mol. The lowest BCUT2D eigenvalue weighted by Gasteiger charge is -1.97. The lowest BCUT2D eigenvalue weighted by atomic mass is 10.1. The SMILES string of the molecule is Fc1ccccc1-c1cc(-c2c[nH]c3ccccc23)n[nH]1. The van der Waals surface area contributed by atoms with Gasteiger partial charge in [0, 0.05) is 28.2 Å². The summed E-state index contributed by atoms with van der Waals surface area (Å²) in [5.41, 5.74) is 4.06. The maximum atomic E-state index is 13.8. The van der Waals surface area contributed by atoms with E-state index in [-0.39, 0.29) is 5.82 Å². The topological polar surface area (TPSA) is 44.5 Å². The van der Waals surface area contributed by atoms with Crippen LogP contribution in [-0.2, 0) is 0 Å². The monoisotopic (exact) mass is 277 g/mol. The normalized spacial score (nSPS) is 11.1. The van der Waals surface area contributed by atoms with Gasteiger partial charge in [-0.2, -0.15) is 5.10 Å². The quantitative estimate of drug-likeness (QED) is 0.561. The molecule has 4 aromatic rings. The van der Waals surface area contributed by atoms with Crippen molar-refractivity contribution in [2.45, 2.75) is 0 Å². The molecule has 0 saturated carbocycles. The van der Waals surface area contributed by atoms with Crippen molar-refractivity contribution < 1.29 is 4.39 Å². The summed E-state index contributed by atoms with van der Waals surface area (Å²) in [5, 5.41) is 8.33. The van der Waals surface area contributed by atoms with Crippen molar-refractivity contribution in [2.24, 2.45) is 0 Å². The van der Waals surface area contributed by atoms with Crippen LogP contribution in [0.4, 0.5) is 4.39 Å². The van der Waals surface area contributed by atoms with Gasteiger partial charge in [0.05, 0.1) is 11.4 Å². The molecule has 3 nitrogen and oxygen atoms in total. The van der Waals surface area contributed by atoms with Crippen molar-refractivity contribution in [3.05, 3.63) is 66.6 Å². The highest BCUT2D eigenvalue weighted by molar-refractivity contribution is 5.95. The Morgan fingerprint density at radius 1 is 0.905 bits per heavy atom. The van der Waals surface area contributed by atoms with Gasteiger partial charge in [0.1, 0.15) is 5.82 Å². The molecule has 0 fully saturated rings. The van der Waals surface area contributed by atoms with Crippen LogP contribution in [0.1, 0.15) is 0 Å². The van der Waals surface area contributed by atoms with Gasteiger partial charge >= 0.3 is 0 Å². The molecule has 0 atom stereocenters. The minimum atomic E-state index is -0.258. The maximum absolute atomic E-state index is 13.8. The van der Waals surface area contributed by atoms with Crippen LogP contribution in [0.15, 0.2) is 60.8 Å². The first-order valence-electron chi connectivity index (χ1n) is 6.70. The van der Waals surface area contributed by atoms with Crippen molar-refractivity contribution in [3.63, 3.8) is 0 Å². The molecule has 4 rings (SSSR count). The maximum Gasteiger partial charge on any atom is 0.132 e. The zero-order valence-corrected chi connectivity index (χ0v) is 11.1. The van der Waals surface area contributed by atoms with Crippen LogP contribution >= 0.6 is 0 Å². The third-order valence-electron chi connectivity index (χ3n) is 3.61. The predicted octanol–water partition coefficient (Wildman–Crippen LogP) is 4.36. The van der Waals surface area contributed by atoms with Crippen molar-refractivity contribution in [1.82, 2.24) is 15.2 Å². The van der Waals surface area contributed by atoms with Crippen LogP contribution in [0, 0.1) is 5.82 Å². The lowest BCUT2D eigenvalue weighted by molar-refractivity contribution is 0.630. The van der Waals surface area contributed by atoms with Crippen molar-refractivity contribution >= 4 is 10.9 Å². The molecule has 0 spiro atoms. The third-order valence-corrected chi connectivity index (χ3v) is 3.61. The van der Waals surface area contributed by atoms with E-state index >= 15 is 0 Å². The van der Waals surface area contributed by atoms with Crippen LogP contribution in [0.25, 0.3) is 33.4 Å². The van der Waals surface area contributed by atoms with E-state index in [4.69, 9.17) is 0 Å². The minimum Gasteiger partial charge on any atom is -0.360 e. The molecule has 102 valence electrons. The van der Waals surface area contributed by atoms with Gasteiger partial charge in [-0.1, -0.05) is 30.3 Å². The van der Waals surface area contributed by atoms with Crippen LogP contribution in [-0.4, -0.2) is 15.2 Å². The second-order valence-electron chi connectivity index (χ2n) is 4.89. The summed E-state index contributed by atoms with van der Waals surface area (Å²) >= 11 is 0. The number of aromatic nitrogens is 3. The van der Waals surface area contributed by atoms with Crippen LogP contribution in [0.3, 0.4) is 0 Å². The number of halogens is 1. The fourth-order valence-electron chi connectivity index (χ4n) is 2.56. The van der Waals surface area contributed by atoms with Gasteiger partial charge in [-0.25, -0.2) is 4.39 Å². The molecule has 21 heavy (non-hydrogen) atoms. The van der Waals surface area contributed by atoms with Gasteiger partial charge in [-0.05, 0) is 24.3 Å². The third kappa shape index (κ3) is 1.92. The Labute approximate surface area is 120 Å². The Morgan fingerprint density at radius 3 is 2.62 bits per heavy atom. The molecular formula is C17H12FN3. The number of fused-ring (bicyclic) bond motifs is 1. The molecule has 0 aliphatic heterocycles. The molecule has 2 aromatic heterocycles. The fourth-order valence-corrected chi connectivity index (χ4v) is 2.56. The van der Waals surface area contributed by atoms with E-state index in [1.807, 2.05) is 42.6 Å². The average molecular weight is 277 g/mol. The summed E-state index contributed by atoms with van der Waals surface area (Å²) < 4.78 is 13.8. The van der Waals surface area contributed by atoms with Crippen LogP contribution < -0.4 is 0 Å². The molecule has 0 aliphatic carbocycles. The molecule has 2 N–H and O–H groups in total. The van der Waals surface area contributed by atoms with Gasteiger partial charge < -0.3 is 4.98 Å². The number of aromatic amines is 2. The first-order valence-corrected chi connectivity index (χ1v) is 6.70. The van der Waals surface area contributed by atoms with Crippen LogP contribution in [0.2, 0.25) is 0 Å². The first kappa shape index (κ1) is 11.9. The number of H-pyrrole nitrogens is 2. The molecule has 0 radical (unpaired) electrons. The summed E-state index contributed by atoms with van der Waals surface area (Å²) in [5.74, 6) is -0.258. The number of hydrogen-bond acceptors (Lipinski definition) is 1. The molecule has 4 heteroatoms. The second kappa shape index (κ2) is 4.59. The number of nitrogens with zero attached hydrogens (tertiary/aromatic N) is 1. The number of hydrogen-bond donors (Lipinski definition) is 2. The van der Waals surface area contributed by atoms with Gasteiger partial charge in [0.2, 0.25) is 0 Å². The fraction of sp³-hybridized carbons (Fsp3) is 0. The van der Waals surface area contributed by atoms with Crippen LogP contribution in [0.5, 0.6) is 0 Å². The summed E-state index contributed by atoms with van der Waals surface area (Å²) in [6.07, 6.45) is 1.92. The Morgan fingerprint density at radius 2 is 1.71 bits per heavy atom. The minimum absolute atomic E-state index is 0.258. The summed E-state index contributed by atoms with van der Waals surface area (Å²) in [7, 11) is 0. The Balaban J connectivity index is 1.83. The van der Waals surface area contributed by atoms with Gasteiger partial charge in [0.25, 0.3) is 0 Å². The number of para-hydroxylation sites is 1. The highest BCUT2D eigenvalue weighted by atomic mass is 19.1. The summed E-state index contributed by atoms with van der Waals surface area (Å²) in [6, 6.07) is 16.6. The molecule has 0 unspecified atom stereocenters. The standard InChI is InChI=1S/C17H12FN3/c18-14-7-3-1-6-12(14)16-9-17(21-20-16)13-10-19-15-8-4-2-5-11(13)15/h1-10,19H,(H,20,21). The van der Waals surface area contributed by atoms with E-state index in [0.29, 0.717) is 11.3 Å². The van der Waals surface area contributed by atoms with E-state index < -0.39 is 0 Å². The molecule has 0 amide bonds. The van der Waals surface area contributed by atoms with E-state index in [9.17, 15) is 4.39 Å². The highest BCUT2D eigenvalue weighted by Gasteiger charge is 2.12. The van der Waals surface area contributed by atoms with E-state index in [1.165, 1.54) is 6.07 Å². The average Bonchev–Trinajstić information content (AvgIpc) is 3.14. The molecule has 0 bridgehead atoms. The number of benzene rings is 2. The lowest BCUT2D eigenvalue weighted by Crippen LogP contribution is -1.82. The summed E-state index contributed by atoms with van der Waals surface area (Å²) in [6.45, 7) is 0. The van der Waals surface area contributed by atoms with Crippen molar-refractivity contribution in [1.29, 1.82) is 0 Å². The molecule has 2 aromatic carbocycles. The second-order valence-corrected chi connectivity index (χ2v) is 4.89. The van der Waals surface area contributed by atoms with Crippen molar-refractivity contribution in [3.8, 4) is 22.5 Å². The molecule has 0 aliphatic rings. The molecular weight excluding hydrogens is 265 g/mol. The Bertz CT molecular complexity index is 920. The first-order chi connectivity index (χ1) is 10.3.